The van der Waals surface area contributed by atoms with E-state index in [-0.39, 0.29) is 34.5 Å². The lowest BCUT2D eigenvalue weighted by atomic mass is 9.77. The fourth-order valence-corrected chi connectivity index (χ4v) is 7.49. The average Bonchev–Trinajstić information content (AvgIpc) is 3.44. The van der Waals surface area contributed by atoms with Crippen LogP contribution in [0.2, 0.25) is 0 Å². The SMILES string of the molecule is CCCCCCCN1C(=CC2=C(O)C(=CC3=[N+](CCCCCC(=O)OCC)c4ccccc4C3(C)C)C2=O)C(C)(C)c2ccccc21.O=C=O. The van der Waals surface area contributed by atoms with Crippen LogP contribution in [0.3, 0.4) is 0 Å². The van der Waals surface area contributed by atoms with Crippen molar-refractivity contribution < 1.29 is 33.6 Å². The van der Waals surface area contributed by atoms with Crippen molar-refractivity contribution in [1.82, 2.24) is 0 Å². The molecule has 0 amide bonds. The Labute approximate surface area is 297 Å². The van der Waals surface area contributed by atoms with E-state index in [1.807, 2.05) is 25.1 Å². The van der Waals surface area contributed by atoms with Crippen molar-refractivity contribution in [2.75, 3.05) is 24.6 Å². The van der Waals surface area contributed by atoms with E-state index in [2.05, 4.69) is 86.6 Å². The number of aliphatic hydroxyl groups is 1. The third-order valence-electron chi connectivity index (χ3n) is 10.2. The van der Waals surface area contributed by atoms with Gasteiger partial charge >= 0.3 is 12.1 Å². The molecular weight excluding hydrogens is 628 g/mol. The first-order valence-corrected chi connectivity index (χ1v) is 18.1. The van der Waals surface area contributed by atoms with Crippen molar-refractivity contribution in [3.8, 4) is 0 Å². The van der Waals surface area contributed by atoms with Gasteiger partial charge in [-0.05, 0) is 57.7 Å². The number of para-hydroxylation sites is 2. The zero-order valence-corrected chi connectivity index (χ0v) is 30.6. The van der Waals surface area contributed by atoms with E-state index in [1.165, 1.54) is 42.5 Å². The molecule has 0 saturated heterocycles. The first-order valence-electron chi connectivity index (χ1n) is 18.1. The van der Waals surface area contributed by atoms with E-state index in [9.17, 15) is 14.7 Å². The van der Waals surface area contributed by atoms with Crippen LogP contribution in [0.25, 0.3) is 0 Å². The molecule has 266 valence electrons. The second kappa shape index (κ2) is 16.9. The lowest BCUT2D eigenvalue weighted by Crippen LogP contribution is -2.32. The molecule has 50 heavy (non-hydrogen) atoms. The van der Waals surface area contributed by atoms with Crippen LogP contribution >= 0.6 is 0 Å². The van der Waals surface area contributed by atoms with Crippen LogP contribution in [0.5, 0.6) is 0 Å². The van der Waals surface area contributed by atoms with Gasteiger partial charge in [0.05, 0.1) is 23.2 Å². The lowest BCUT2D eigenvalue weighted by molar-refractivity contribution is -0.438. The van der Waals surface area contributed by atoms with E-state index in [0.29, 0.717) is 24.2 Å². The fraction of sp³-hybridized carbons (Fsp3) is 0.476. The maximum Gasteiger partial charge on any atom is 0.373 e. The number of esters is 1. The van der Waals surface area contributed by atoms with Crippen LogP contribution < -0.4 is 4.90 Å². The highest BCUT2D eigenvalue weighted by molar-refractivity contribution is 6.24. The number of unbranched alkanes of at least 4 members (excludes halogenated alkanes) is 6. The van der Waals surface area contributed by atoms with Crippen LogP contribution in [0.4, 0.5) is 11.4 Å². The van der Waals surface area contributed by atoms with E-state index in [0.717, 1.165) is 55.9 Å². The number of benzene rings is 2. The number of Topliss-reactive ketones (excluding diaryl/α,β-unsaturated/α-hetero) is 1. The Morgan fingerprint density at radius 1 is 0.860 bits per heavy atom. The maximum atomic E-state index is 13.9. The van der Waals surface area contributed by atoms with Crippen molar-refractivity contribution in [2.24, 2.45) is 0 Å². The van der Waals surface area contributed by atoms with Crippen molar-refractivity contribution in [1.29, 1.82) is 0 Å². The largest absolute Gasteiger partial charge is 0.506 e. The van der Waals surface area contributed by atoms with Gasteiger partial charge in [0.2, 0.25) is 11.5 Å². The maximum absolute atomic E-state index is 13.9. The van der Waals surface area contributed by atoms with Crippen LogP contribution in [0.15, 0.2) is 83.3 Å². The molecule has 0 spiro atoms. The molecule has 0 aromatic heterocycles. The Morgan fingerprint density at radius 3 is 2.18 bits per heavy atom. The van der Waals surface area contributed by atoms with Gasteiger partial charge in [-0.2, -0.15) is 14.2 Å². The Kier molecular flexibility index (Phi) is 12.9. The lowest BCUT2D eigenvalue weighted by Gasteiger charge is -2.29. The van der Waals surface area contributed by atoms with Gasteiger partial charge in [0.25, 0.3) is 0 Å². The predicted octanol–water partition coefficient (Wildman–Crippen LogP) is 8.58. The molecule has 0 unspecified atom stereocenters. The predicted molar refractivity (Wildman–Crippen MR) is 196 cm³/mol. The minimum atomic E-state index is -0.340. The molecule has 5 rings (SSSR count). The number of ether oxygens (including phenoxy) is 1. The number of allylic oxidation sites excluding steroid dienone is 5. The number of carbonyl (C=O) groups excluding carboxylic acids is 4. The van der Waals surface area contributed by atoms with Crippen molar-refractivity contribution in [3.63, 3.8) is 0 Å². The summed E-state index contributed by atoms with van der Waals surface area (Å²) in [6.07, 6.45) is 13.1. The molecular formula is C42H53N2O6+. The van der Waals surface area contributed by atoms with Gasteiger partial charge in [-0.1, -0.05) is 82.9 Å². The molecule has 0 saturated carbocycles. The molecule has 1 N–H and O–H groups in total. The summed E-state index contributed by atoms with van der Waals surface area (Å²) >= 11 is 0. The van der Waals surface area contributed by atoms with Gasteiger partial charge in [-0.25, -0.2) is 0 Å². The molecule has 0 atom stereocenters. The van der Waals surface area contributed by atoms with Crippen LogP contribution in [-0.2, 0) is 34.7 Å². The van der Waals surface area contributed by atoms with Crippen molar-refractivity contribution in [2.45, 2.75) is 110 Å². The zero-order chi connectivity index (χ0) is 36.5. The van der Waals surface area contributed by atoms with Gasteiger partial charge in [0.15, 0.2) is 5.71 Å². The second-order valence-electron chi connectivity index (χ2n) is 14.3. The number of rotatable bonds is 15. The Bertz CT molecular complexity index is 1740. The topological polar surface area (TPSA) is 104 Å². The number of anilines is 1. The number of hydrogen-bond acceptors (Lipinski definition) is 7. The number of ketones is 1. The molecule has 2 aromatic carbocycles. The standard InChI is InChI=1S/C41H52N2O4.CO2/c1-7-9-10-11-18-25-42-33-22-16-14-20-31(33)40(3,4)35(42)27-29-38(45)30(39(29)46)28-36-41(5,6)32-21-15-17-23-34(32)43(36)26-19-12-13-24-37(44)47-8-2;2-1-3/h14-17,20-23,27-28H,7-13,18-19,24-26H2,1-6H3;/p+1. The van der Waals surface area contributed by atoms with Crippen LogP contribution in [-0.4, -0.2) is 53.0 Å². The molecule has 1 aliphatic carbocycles. The zero-order valence-electron chi connectivity index (χ0n) is 30.6. The Balaban J connectivity index is 0.00000181. The summed E-state index contributed by atoms with van der Waals surface area (Å²) < 4.78 is 7.37. The molecule has 8 heteroatoms. The highest BCUT2D eigenvalue weighted by Gasteiger charge is 2.47. The minimum absolute atomic E-state index is 0.0748. The summed E-state index contributed by atoms with van der Waals surface area (Å²) in [5, 5.41) is 11.5. The second-order valence-corrected chi connectivity index (χ2v) is 14.3. The van der Waals surface area contributed by atoms with Gasteiger partial charge in [-0.15, -0.1) is 0 Å². The van der Waals surface area contributed by atoms with Gasteiger partial charge in [0.1, 0.15) is 12.3 Å². The van der Waals surface area contributed by atoms with Gasteiger partial charge in [-0.3, -0.25) is 9.59 Å². The summed E-state index contributed by atoms with van der Waals surface area (Å²) in [6, 6.07) is 16.9. The molecule has 8 nitrogen and oxygen atoms in total. The molecule has 2 heterocycles. The smallest absolute Gasteiger partial charge is 0.373 e. The van der Waals surface area contributed by atoms with E-state index >= 15 is 0 Å². The number of hydrogen-bond donors (Lipinski definition) is 1. The number of aliphatic hydroxyl groups excluding tert-OH is 1. The Morgan fingerprint density at radius 2 is 1.50 bits per heavy atom. The van der Waals surface area contributed by atoms with Crippen molar-refractivity contribution >= 4 is 35.0 Å². The Hall–Kier alpha value is -4.55. The summed E-state index contributed by atoms with van der Waals surface area (Å²) in [4.78, 5) is 44.3. The summed E-state index contributed by atoms with van der Waals surface area (Å²) in [5.41, 5.74) is 6.99. The average molecular weight is 682 g/mol. The number of fused-ring (bicyclic) bond motifs is 2. The third-order valence-corrected chi connectivity index (χ3v) is 10.2. The molecule has 3 aliphatic rings. The van der Waals surface area contributed by atoms with Gasteiger partial charge < -0.3 is 14.7 Å². The summed E-state index contributed by atoms with van der Waals surface area (Å²) in [7, 11) is 0. The first kappa shape index (κ1) is 38.3. The minimum Gasteiger partial charge on any atom is -0.506 e. The molecule has 2 aliphatic heterocycles. The number of carbonyl (C=O) groups is 2. The first-order chi connectivity index (χ1) is 23.9. The summed E-state index contributed by atoms with van der Waals surface area (Å²) in [6.45, 7) is 14.9. The highest BCUT2D eigenvalue weighted by atomic mass is 16.5. The third kappa shape index (κ3) is 7.92. The van der Waals surface area contributed by atoms with Gasteiger partial charge in [0, 0.05) is 53.9 Å². The summed E-state index contributed by atoms with van der Waals surface area (Å²) in [5.74, 6) is -0.183. The molecule has 0 bridgehead atoms. The fourth-order valence-electron chi connectivity index (χ4n) is 7.49. The monoisotopic (exact) mass is 681 g/mol. The van der Waals surface area contributed by atoms with E-state index in [1.54, 1.807) is 0 Å². The number of nitrogens with zero attached hydrogens (tertiary/aromatic N) is 2. The quantitative estimate of drug-likeness (QED) is 0.0869. The normalized spacial score (nSPS) is 18.4. The molecule has 0 radical (unpaired) electrons. The van der Waals surface area contributed by atoms with E-state index < -0.39 is 0 Å². The molecule has 2 aromatic rings. The van der Waals surface area contributed by atoms with E-state index in [4.69, 9.17) is 14.3 Å². The van der Waals surface area contributed by atoms with Crippen LogP contribution in [0.1, 0.15) is 110 Å². The van der Waals surface area contributed by atoms with Crippen LogP contribution in [0, 0.1) is 0 Å². The molecule has 0 fully saturated rings. The van der Waals surface area contributed by atoms with Crippen molar-refractivity contribution in [3.05, 3.63) is 94.4 Å². The highest BCUT2D eigenvalue weighted by Crippen LogP contribution is 2.49.